The number of carbonyl (C=O) groups is 1. The quantitative estimate of drug-likeness (QED) is 0.784. The van der Waals surface area contributed by atoms with Crippen molar-refractivity contribution in [3.8, 4) is 0 Å². The highest BCUT2D eigenvalue weighted by Gasteiger charge is 2.16. The summed E-state index contributed by atoms with van der Waals surface area (Å²) in [7, 11) is 0. The van der Waals surface area contributed by atoms with Gasteiger partial charge in [-0.15, -0.1) is 0 Å². The van der Waals surface area contributed by atoms with Gasteiger partial charge in [0.2, 0.25) is 5.91 Å². The second-order valence-corrected chi connectivity index (χ2v) is 6.24. The lowest BCUT2D eigenvalue weighted by Gasteiger charge is -2.16. The van der Waals surface area contributed by atoms with Gasteiger partial charge in [0, 0.05) is 6.54 Å². The lowest BCUT2D eigenvalue weighted by molar-refractivity contribution is -0.122. The molecule has 4 nitrogen and oxygen atoms in total. The molecular formula is C20H26N2O2. The smallest absolute Gasteiger partial charge is 0.241 e. The maximum Gasteiger partial charge on any atom is 0.241 e. The van der Waals surface area contributed by atoms with E-state index in [1.54, 1.807) is 0 Å². The van der Waals surface area contributed by atoms with Crippen molar-refractivity contribution in [2.75, 3.05) is 13.2 Å². The molecule has 2 aromatic carbocycles. The third-order valence-corrected chi connectivity index (χ3v) is 3.86. The minimum Gasteiger partial charge on any atom is -0.376 e. The summed E-state index contributed by atoms with van der Waals surface area (Å²) in [5.41, 5.74) is 9.13. The van der Waals surface area contributed by atoms with Gasteiger partial charge in [-0.2, -0.15) is 0 Å². The van der Waals surface area contributed by atoms with E-state index >= 15 is 0 Å². The van der Waals surface area contributed by atoms with Gasteiger partial charge in [0.15, 0.2) is 0 Å². The van der Waals surface area contributed by atoms with E-state index in [9.17, 15) is 4.79 Å². The Balaban J connectivity index is 1.69. The molecule has 0 fully saturated rings. The van der Waals surface area contributed by atoms with Gasteiger partial charge in [-0.3, -0.25) is 4.79 Å². The second kappa shape index (κ2) is 9.21. The number of nitrogens with one attached hydrogen (secondary N) is 1. The Bertz CT molecular complexity index is 626. The molecule has 0 bridgehead atoms. The van der Waals surface area contributed by atoms with E-state index in [-0.39, 0.29) is 11.8 Å². The van der Waals surface area contributed by atoms with Gasteiger partial charge >= 0.3 is 0 Å². The third kappa shape index (κ3) is 5.80. The molecule has 24 heavy (non-hydrogen) atoms. The standard InChI is InChI=1S/C20H26N2O2/c1-15-8-10-18(11-9-15)19(21)20(23)22-12-16(2)13-24-14-17-6-4-3-5-7-17/h3-11,16,19H,12-14,21H2,1-2H3,(H,22,23). The summed E-state index contributed by atoms with van der Waals surface area (Å²) in [6, 6.07) is 17.1. The van der Waals surface area contributed by atoms with E-state index < -0.39 is 6.04 Å². The van der Waals surface area contributed by atoms with Crippen molar-refractivity contribution >= 4 is 5.91 Å². The molecule has 0 saturated heterocycles. The van der Waals surface area contributed by atoms with Crippen molar-refractivity contribution in [1.29, 1.82) is 0 Å². The summed E-state index contributed by atoms with van der Waals surface area (Å²) in [4.78, 5) is 12.2. The van der Waals surface area contributed by atoms with Crippen LogP contribution in [0.2, 0.25) is 0 Å². The van der Waals surface area contributed by atoms with Gasteiger partial charge < -0.3 is 15.8 Å². The molecule has 0 aliphatic carbocycles. The molecule has 3 N–H and O–H groups in total. The molecule has 0 aliphatic heterocycles. The Morgan fingerprint density at radius 2 is 1.79 bits per heavy atom. The zero-order valence-electron chi connectivity index (χ0n) is 14.4. The molecule has 2 aromatic rings. The van der Waals surface area contributed by atoms with Gasteiger partial charge in [-0.25, -0.2) is 0 Å². The molecule has 0 spiro atoms. The molecule has 0 radical (unpaired) electrons. The van der Waals surface area contributed by atoms with E-state index in [2.05, 4.69) is 5.32 Å². The first-order valence-corrected chi connectivity index (χ1v) is 8.28. The number of amides is 1. The van der Waals surface area contributed by atoms with Crippen LogP contribution in [0.5, 0.6) is 0 Å². The summed E-state index contributed by atoms with van der Waals surface area (Å²) in [5.74, 6) is 0.0663. The van der Waals surface area contributed by atoms with Crippen LogP contribution in [0.4, 0.5) is 0 Å². The monoisotopic (exact) mass is 326 g/mol. The fourth-order valence-corrected chi connectivity index (χ4v) is 2.32. The largest absolute Gasteiger partial charge is 0.376 e. The topological polar surface area (TPSA) is 64.4 Å². The lowest BCUT2D eigenvalue weighted by atomic mass is 10.1. The first-order chi connectivity index (χ1) is 11.6. The summed E-state index contributed by atoms with van der Waals surface area (Å²) in [6.45, 7) is 5.78. The number of rotatable bonds is 8. The van der Waals surface area contributed by atoms with Gasteiger partial charge in [-0.05, 0) is 24.0 Å². The Morgan fingerprint density at radius 3 is 2.46 bits per heavy atom. The lowest BCUT2D eigenvalue weighted by Crippen LogP contribution is -2.37. The van der Waals surface area contributed by atoms with E-state index in [1.807, 2.05) is 68.4 Å². The zero-order chi connectivity index (χ0) is 17.4. The van der Waals surface area contributed by atoms with Crippen LogP contribution in [-0.2, 0) is 16.1 Å². The number of benzene rings is 2. The zero-order valence-corrected chi connectivity index (χ0v) is 14.4. The number of aryl methyl sites for hydroxylation is 1. The maximum absolute atomic E-state index is 12.2. The highest BCUT2D eigenvalue weighted by Crippen LogP contribution is 2.11. The van der Waals surface area contributed by atoms with Crippen LogP contribution in [0.15, 0.2) is 54.6 Å². The molecule has 0 saturated carbocycles. The predicted octanol–water partition coefficient (Wildman–Crippen LogP) is 2.96. The average Bonchev–Trinajstić information content (AvgIpc) is 2.60. The first-order valence-electron chi connectivity index (χ1n) is 8.28. The SMILES string of the molecule is Cc1ccc(C(N)C(=O)NCC(C)COCc2ccccc2)cc1. The van der Waals surface area contributed by atoms with E-state index in [4.69, 9.17) is 10.5 Å². The van der Waals surface area contributed by atoms with E-state index in [0.717, 1.165) is 16.7 Å². The highest BCUT2D eigenvalue weighted by molar-refractivity contribution is 5.82. The average molecular weight is 326 g/mol. The number of ether oxygens (including phenoxy) is 1. The molecule has 0 aromatic heterocycles. The van der Waals surface area contributed by atoms with Crippen molar-refractivity contribution in [2.24, 2.45) is 11.7 Å². The number of nitrogens with two attached hydrogens (primary N) is 1. The fraction of sp³-hybridized carbons (Fsp3) is 0.350. The molecule has 128 valence electrons. The number of hydrogen-bond acceptors (Lipinski definition) is 3. The Hall–Kier alpha value is -2.17. The van der Waals surface area contributed by atoms with Crippen LogP contribution in [0.1, 0.15) is 29.7 Å². The van der Waals surface area contributed by atoms with Crippen molar-refractivity contribution in [3.63, 3.8) is 0 Å². The Labute approximate surface area is 144 Å². The normalized spacial score (nSPS) is 13.3. The van der Waals surface area contributed by atoms with Crippen molar-refractivity contribution in [3.05, 3.63) is 71.3 Å². The third-order valence-electron chi connectivity index (χ3n) is 3.86. The molecule has 1 amide bonds. The van der Waals surface area contributed by atoms with Crippen LogP contribution in [0.3, 0.4) is 0 Å². The van der Waals surface area contributed by atoms with Gasteiger partial charge in [-0.1, -0.05) is 67.1 Å². The Kier molecular flexibility index (Phi) is 6.97. The summed E-state index contributed by atoms with van der Waals surface area (Å²) in [5, 5.41) is 2.90. The van der Waals surface area contributed by atoms with Crippen LogP contribution < -0.4 is 11.1 Å². The van der Waals surface area contributed by atoms with Crippen LogP contribution in [0, 0.1) is 12.8 Å². The van der Waals surface area contributed by atoms with Crippen LogP contribution in [0.25, 0.3) is 0 Å². The summed E-state index contributed by atoms with van der Waals surface area (Å²) in [6.07, 6.45) is 0. The van der Waals surface area contributed by atoms with Gasteiger partial charge in [0.25, 0.3) is 0 Å². The molecular weight excluding hydrogens is 300 g/mol. The maximum atomic E-state index is 12.2. The first kappa shape index (κ1) is 18.2. The highest BCUT2D eigenvalue weighted by atomic mass is 16.5. The van der Waals surface area contributed by atoms with E-state index in [0.29, 0.717) is 19.8 Å². The van der Waals surface area contributed by atoms with Gasteiger partial charge in [0.1, 0.15) is 6.04 Å². The molecule has 0 heterocycles. The second-order valence-electron chi connectivity index (χ2n) is 6.24. The van der Waals surface area contributed by atoms with Gasteiger partial charge in [0.05, 0.1) is 13.2 Å². The molecule has 0 aliphatic rings. The van der Waals surface area contributed by atoms with Crippen molar-refractivity contribution in [1.82, 2.24) is 5.32 Å². The molecule has 2 atom stereocenters. The predicted molar refractivity (Wildman–Crippen MR) is 96.4 cm³/mol. The summed E-state index contributed by atoms with van der Waals surface area (Å²) < 4.78 is 5.69. The Morgan fingerprint density at radius 1 is 1.12 bits per heavy atom. The van der Waals surface area contributed by atoms with E-state index in [1.165, 1.54) is 0 Å². The molecule has 2 rings (SSSR count). The molecule has 2 unspecified atom stereocenters. The van der Waals surface area contributed by atoms with Crippen LogP contribution >= 0.6 is 0 Å². The minimum atomic E-state index is -0.636. The number of hydrogen-bond donors (Lipinski definition) is 2. The fourth-order valence-electron chi connectivity index (χ4n) is 2.32. The summed E-state index contributed by atoms with van der Waals surface area (Å²) >= 11 is 0. The van der Waals surface area contributed by atoms with Crippen molar-refractivity contribution in [2.45, 2.75) is 26.5 Å². The number of carbonyl (C=O) groups excluding carboxylic acids is 1. The minimum absolute atomic E-state index is 0.159. The molecule has 4 heteroatoms. The van der Waals surface area contributed by atoms with Crippen molar-refractivity contribution < 1.29 is 9.53 Å². The van der Waals surface area contributed by atoms with Crippen LogP contribution in [-0.4, -0.2) is 19.1 Å².